The minimum atomic E-state index is -0.835. The molecule has 1 fully saturated rings. The number of likely N-dealkylation sites (tertiary alicyclic amines) is 1. The predicted octanol–water partition coefficient (Wildman–Crippen LogP) is 3.93. The third-order valence-electron chi connectivity index (χ3n) is 4.80. The second kappa shape index (κ2) is 9.15. The molecule has 0 unspecified atom stereocenters. The van der Waals surface area contributed by atoms with Gasteiger partial charge in [0.2, 0.25) is 0 Å². The van der Waals surface area contributed by atoms with E-state index < -0.39 is 11.6 Å². The molecule has 0 saturated carbocycles. The van der Waals surface area contributed by atoms with E-state index in [0.717, 1.165) is 55.4 Å². The first-order valence-corrected chi connectivity index (χ1v) is 9.38. The first-order chi connectivity index (χ1) is 13.1. The van der Waals surface area contributed by atoms with Crippen molar-refractivity contribution in [2.45, 2.75) is 39.0 Å². The Hall–Kier alpha value is -2.18. The van der Waals surface area contributed by atoms with Crippen LogP contribution in [0.15, 0.2) is 36.4 Å². The van der Waals surface area contributed by atoms with Gasteiger partial charge >= 0.3 is 0 Å². The summed E-state index contributed by atoms with van der Waals surface area (Å²) < 4.78 is 32.0. The summed E-state index contributed by atoms with van der Waals surface area (Å²) in [5.74, 6) is -0.945. The molecule has 0 aliphatic carbocycles. The number of benzene rings is 2. The summed E-state index contributed by atoms with van der Waals surface area (Å²) in [6.45, 7) is 5.01. The van der Waals surface area contributed by atoms with Crippen LogP contribution in [0.1, 0.15) is 30.9 Å². The number of anilines is 1. The standard InChI is InChI=1S/C21H26F2N2O2/c1-2-27-21-8-5-15(10-16(21)14-26)12-25-9-3-4-18(13-25)24-17-6-7-19(22)20(23)11-17/h5-8,10-11,18,24,26H,2-4,9,12-14H2,1H3/t18-/m1/s1. The number of halogens is 2. The van der Waals surface area contributed by atoms with E-state index in [1.165, 1.54) is 6.07 Å². The third-order valence-corrected chi connectivity index (χ3v) is 4.80. The molecule has 0 spiro atoms. The van der Waals surface area contributed by atoms with E-state index in [0.29, 0.717) is 12.3 Å². The fraction of sp³-hybridized carbons (Fsp3) is 0.429. The molecule has 0 radical (unpaired) electrons. The number of nitrogens with one attached hydrogen (secondary N) is 1. The van der Waals surface area contributed by atoms with E-state index in [4.69, 9.17) is 4.74 Å². The molecule has 2 aromatic carbocycles. The Balaban J connectivity index is 1.61. The Kier molecular flexibility index (Phi) is 6.63. The van der Waals surface area contributed by atoms with Gasteiger partial charge in [0.25, 0.3) is 0 Å². The second-order valence-electron chi connectivity index (χ2n) is 6.88. The molecule has 1 aliphatic rings. The fourth-order valence-corrected chi connectivity index (χ4v) is 3.55. The van der Waals surface area contributed by atoms with Gasteiger partial charge in [-0.1, -0.05) is 6.07 Å². The zero-order chi connectivity index (χ0) is 19.2. The van der Waals surface area contributed by atoms with Crippen LogP contribution in [0.5, 0.6) is 5.75 Å². The lowest BCUT2D eigenvalue weighted by atomic mass is 10.0. The summed E-state index contributed by atoms with van der Waals surface area (Å²) in [7, 11) is 0. The van der Waals surface area contributed by atoms with Crippen molar-refractivity contribution < 1.29 is 18.6 Å². The monoisotopic (exact) mass is 376 g/mol. The molecule has 1 heterocycles. The van der Waals surface area contributed by atoms with E-state index in [-0.39, 0.29) is 12.6 Å². The molecule has 6 heteroatoms. The Bertz CT molecular complexity index is 770. The van der Waals surface area contributed by atoms with Gasteiger partial charge in [-0.2, -0.15) is 0 Å². The lowest BCUT2D eigenvalue weighted by molar-refractivity contribution is 0.208. The van der Waals surface area contributed by atoms with E-state index in [1.54, 1.807) is 6.07 Å². The van der Waals surface area contributed by atoms with Gasteiger partial charge < -0.3 is 15.2 Å². The molecule has 146 valence electrons. The van der Waals surface area contributed by atoms with Crippen molar-refractivity contribution in [3.8, 4) is 5.75 Å². The topological polar surface area (TPSA) is 44.7 Å². The molecule has 27 heavy (non-hydrogen) atoms. The minimum absolute atomic E-state index is 0.0521. The number of aliphatic hydroxyl groups excluding tert-OH is 1. The fourth-order valence-electron chi connectivity index (χ4n) is 3.55. The van der Waals surface area contributed by atoms with Gasteiger partial charge in [-0.05, 0) is 56.1 Å². The van der Waals surface area contributed by atoms with Crippen LogP contribution in [0, 0.1) is 11.6 Å². The van der Waals surface area contributed by atoms with E-state index in [1.807, 2.05) is 25.1 Å². The van der Waals surface area contributed by atoms with Crippen molar-refractivity contribution in [3.05, 3.63) is 59.2 Å². The van der Waals surface area contributed by atoms with Gasteiger partial charge in [0.05, 0.1) is 13.2 Å². The second-order valence-corrected chi connectivity index (χ2v) is 6.88. The predicted molar refractivity (Wildman–Crippen MR) is 102 cm³/mol. The number of aliphatic hydroxyl groups is 1. The van der Waals surface area contributed by atoms with Crippen LogP contribution in [0.3, 0.4) is 0 Å². The van der Waals surface area contributed by atoms with Gasteiger partial charge in [-0.3, -0.25) is 4.90 Å². The summed E-state index contributed by atoms with van der Waals surface area (Å²) in [6.07, 6.45) is 2.02. The quantitative estimate of drug-likeness (QED) is 0.769. The van der Waals surface area contributed by atoms with Gasteiger partial charge in [-0.15, -0.1) is 0 Å². The van der Waals surface area contributed by atoms with E-state index in [9.17, 15) is 13.9 Å². The highest BCUT2D eigenvalue weighted by Gasteiger charge is 2.20. The summed E-state index contributed by atoms with van der Waals surface area (Å²) in [5, 5.41) is 12.9. The summed E-state index contributed by atoms with van der Waals surface area (Å²) in [4.78, 5) is 2.33. The van der Waals surface area contributed by atoms with Crippen LogP contribution < -0.4 is 10.1 Å². The van der Waals surface area contributed by atoms with Gasteiger partial charge in [0.1, 0.15) is 5.75 Å². The first-order valence-electron chi connectivity index (χ1n) is 9.38. The zero-order valence-corrected chi connectivity index (χ0v) is 15.5. The van der Waals surface area contributed by atoms with Crippen LogP contribution in [0.4, 0.5) is 14.5 Å². The van der Waals surface area contributed by atoms with E-state index in [2.05, 4.69) is 10.2 Å². The molecule has 2 aromatic rings. The maximum Gasteiger partial charge on any atom is 0.160 e. The van der Waals surface area contributed by atoms with Crippen LogP contribution in [0.25, 0.3) is 0 Å². The number of hydrogen-bond donors (Lipinski definition) is 2. The molecule has 1 aliphatic heterocycles. The molecule has 4 nitrogen and oxygen atoms in total. The number of hydrogen-bond acceptors (Lipinski definition) is 4. The molecule has 3 rings (SSSR count). The average molecular weight is 376 g/mol. The minimum Gasteiger partial charge on any atom is -0.494 e. The SMILES string of the molecule is CCOc1ccc(CN2CCC[C@@H](Nc3ccc(F)c(F)c3)C2)cc1CO. The van der Waals surface area contributed by atoms with Crippen LogP contribution in [-0.4, -0.2) is 35.7 Å². The molecule has 0 amide bonds. The Morgan fingerprint density at radius 1 is 1.19 bits per heavy atom. The van der Waals surface area contributed by atoms with E-state index >= 15 is 0 Å². The van der Waals surface area contributed by atoms with Crippen LogP contribution >= 0.6 is 0 Å². The Labute approximate surface area is 158 Å². The van der Waals surface area contributed by atoms with Crippen LogP contribution in [-0.2, 0) is 13.2 Å². The third kappa shape index (κ3) is 5.17. The lowest BCUT2D eigenvalue weighted by Gasteiger charge is -2.33. The van der Waals surface area contributed by atoms with Gasteiger partial charge in [0, 0.05) is 36.4 Å². The largest absolute Gasteiger partial charge is 0.494 e. The van der Waals surface area contributed by atoms with Crippen molar-refractivity contribution in [3.63, 3.8) is 0 Å². The van der Waals surface area contributed by atoms with Crippen molar-refractivity contribution in [2.24, 2.45) is 0 Å². The van der Waals surface area contributed by atoms with Crippen molar-refractivity contribution >= 4 is 5.69 Å². The molecule has 2 N–H and O–H groups in total. The summed E-state index contributed by atoms with van der Waals surface area (Å²) in [6, 6.07) is 10.0. The first kappa shape index (κ1) is 19.6. The molecule has 0 aromatic heterocycles. The zero-order valence-electron chi connectivity index (χ0n) is 15.5. The number of rotatable bonds is 7. The maximum absolute atomic E-state index is 13.4. The number of nitrogens with zero attached hydrogens (tertiary/aromatic N) is 1. The highest BCUT2D eigenvalue weighted by atomic mass is 19.2. The average Bonchev–Trinajstić information content (AvgIpc) is 2.66. The summed E-state index contributed by atoms with van der Waals surface area (Å²) in [5.41, 5.74) is 2.52. The highest BCUT2D eigenvalue weighted by Crippen LogP contribution is 2.23. The number of piperidine rings is 1. The van der Waals surface area contributed by atoms with Crippen molar-refractivity contribution in [2.75, 3.05) is 25.0 Å². The summed E-state index contributed by atoms with van der Waals surface area (Å²) >= 11 is 0. The smallest absolute Gasteiger partial charge is 0.160 e. The molecule has 1 atom stereocenters. The van der Waals surface area contributed by atoms with Crippen molar-refractivity contribution in [1.82, 2.24) is 4.90 Å². The maximum atomic E-state index is 13.4. The van der Waals surface area contributed by atoms with Crippen LogP contribution in [0.2, 0.25) is 0 Å². The Morgan fingerprint density at radius 2 is 2.04 bits per heavy atom. The molecule has 1 saturated heterocycles. The lowest BCUT2D eigenvalue weighted by Crippen LogP contribution is -2.41. The van der Waals surface area contributed by atoms with Crippen molar-refractivity contribution in [1.29, 1.82) is 0 Å². The molecular weight excluding hydrogens is 350 g/mol. The van der Waals surface area contributed by atoms with Gasteiger partial charge in [0.15, 0.2) is 11.6 Å². The van der Waals surface area contributed by atoms with Gasteiger partial charge in [-0.25, -0.2) is 8.78 Å². The Morgan fingerprint density at radius 3 is 2.78 bits per heavy atom. The molecule has 0 bridgehead atoms. The number of ether oxygens (including phenoxy) is 1. The molecular formula is C21H26F2N2O2. The normalized spacial score (nSPS) is 17.7. The highest BCUT2D eigenvalue weighted by molar-refractivity contribution is 5.44.